The predicted molar refractivity (Wildman–Crippen MR) is 126 cm³/mol. The Labute approximate surface area is 221 Å². The van der Waals surface area contributed by atoms with Gasteiger partial charge in [0.2, 0.25) is 5.91 Å². The zero-order chi connectivity index (χ0) is 28.5. The van der Waals surface area contributed by atoms with Gasteiger partial charge in [-0.2, -0.15) is 26.3 Å². The fourth-order valence-electron chi connectivity index (χ4n) is 4.11. The summed E-state index contributed by atoms with van der Waals surface area (Å²) in [6.45, 7) is 0.383. The number of alkyl halides is 6. The highest BCUT2D eigenvalue weighted by Gasteiger charge is 2.34. The van der Waals surface area contributed by atoms with E-state index in [-0.39, 0.29) is 23.2 Å². The molecule has 0 bridgehead atoms. The van der Waals surface area contributed by atoms with Crippen LogP contribution in [0.25, 0.3) is 11.4 Å². The van der Waals surface area contributed by atoms with E-state index in [1.807, 2.05) is 4.98 Å². The SMILES string of the molecule is O=C(NCc1ccc(Cl)c(-c2nc(C(F)(F)F)cc(=O)[nH]2)c1F)C1CCN(c2ccc(C(F)(F)F)cn2)CC1. The number of rotatable bonds is 5. The molecule has 2 N–H and O–H groups in total. The fraction of sp³-hybridized carbons (Fsp3) is 0.333. The molecule has 1 saturated heterocycles. The maximum atomic E-state index is 15.2. The first-order chi connectivity index (χ1) is 18.2. The standard InChI is InChI=1S/C24H19ClF7N5O2/c25-15-3-1-13(20(26)19(15)21-35-16(24(30,31)32)9-18(38)36-21)10-34-22(39)12-5-7-37(8-6-12)17-4-2-14(11-33-17)23(27,28)29/h1-4,9,11-12H,5-8,10H2,(H,34,39)(H,35,36,38). The van der Waals surface area contributed by atoms with Gasteiger partial charge in [0.25, 0.3) is 5.56 Å². The molecule has 0 radical (unpaired) electrons. The number of aromatic amines is 1. The Kier molecular flexibility index (Phi) is 7.87. The van der Waals surface area contributed by atoms with Crippen molar-refractivity contribution in [1.29, 1.82) is 0 Å². The summed E-state index contributed by atoms with van der Waals surface area (Å²) in [5.74, 6) is -2.30. The van der Waals surface area contributed by atoms with E-state index >= 15 is 4.39 Å². The zero-order valence-corrected chi connectivity index (χ0v) is 20.5. The summed E-state index contributed by atoms with van der Waals surface area (Å²) in [7, 11) is 0. The Balaban J connectivity index is 1.41. The van der Waals surface area contributed by atoms with Gasteiger partial charge in [-0.1, -0.05) is 17.7 Å². The summed E-state index contributed by atoms with van der Waals surface area (Å²) in [6, 6.07) is 4.87. The van der Waals surface area contributed by atoms with Crippen molar-refractivity contribution in [3.8, 4) is 11.4 Å². The summed E-state index contributed by atoms with van der Waals surface area (Å²) >= 11 is 6.00. The van der Waals surface area contributed by atoms with Crippen LogP contribution in [0, 0.1) is 11.7 Å². The number of hydrogen-bond acceptors (Lipinski definition) is 5. The van der Waals surface area contributed by atoms with Gasteiger partial charge in [0.1, 0.15) is 17.5 Å². The third kappa shape index (κ3) is 6.49. The van der Waals surface area contributed by atoms with Crippen molar-refractivity contribution >= 4 is 23.3 Å². The van der Waals surface area contributed by atoms with Gasteiger partial charge < -0.3 is 15.2 Å². The minimum absolute atomic E-state index is 0.103. The normalized spacial score (nSPS) is 14.9. The van der Waals surface area contributed by atoms with Crippen LogP contribution in [0.1, 0.15) is 29.7 Å². The molecule has 4 rings (SSSR count). The van der Waals surface area contributed by atoms with Crippen molar-refractivity contribution in [2.45, 2.75) is 31.7 Å². The zero-order valence-electron chi connectivity index (χ0n) is 19.8. The van der Waals surface area contributed by atoms with E-state index in [1.165, 1.54) is 18.2 Å². The second-order valence-electron chi connectivity index (χ2n) is 8.75. The molecule has 15 heteroatoms. The number of aromatic nitrogens is 3. The Morgan fingerprint density at radius 3 is 2.36 bits per heavy atom. The van der Waals surface area contributed by atoms with Crippen LogP contribution in [0.15, 0.2) is 41.3 Å². The number of halogens is 8. The van der Waals surface area contributed by atoms with E-state index < -0.39 is 58.2 Å². The number of nitrogens with one attached hydrogen (secondary N) is 2. The lowest BCUT2D eigenvalue weighted by molar-refractivity contribution is -0.141. The summed E-state index contributed by atoms with van der Waals surface area (Å²) in [5, 5.41) is 2.28. The lowest BCUT2D eigenvalue weighted by atomic mass is 9.95. The van der Waals surface area contributed by atoms with Crippen LogP contribution in [0.5, 0.6) is 0 Å². The van der Waals surface area contributed by atoms with Gasteiger partial charge in [-0.25, -0.2) is 14.4 Å². The Hall–Kier alpha value is -3.68. The lowest BCUT2D eigenvalue weighted by Gasteiger charge is -2.32. The average molecular weight is 578 g/mol. The maximum Gasteiger partial charge on any atom is 0.433 e. The summed E-state index contributed by atoms with van der Waals surface area (Å²) in [5.41, 5.74) is -4.20. The van der Waals surface area contributed by atoms with Crippen LogP contribution < -0.4 is 15.8 Å². The molecule has 208 valence electrons. The molecule has 3 heterocycles. The fourth-order valence-corrected chi connectivity index (χ4v) is 4.34. The molecule has 1 amide bonds. The highest BCUT2D eigenvalue weighted by atomic mass is 35.5. The molecule has 0 saturated carbocycles. The average Bonchev–Trinajstić information content (AvgIpc) is 2.87. The van der Waals surface area contributed by atoms with Crippen molar-refractivity contribution in [3.05, 3.63) is 74.5 Å². The number of carbonyl (C=O) groups excluding carboxylic acids is 1. The van der Waals surface area contributed by atoms with Crippen molar-refractivity contribution < 1.29 is 35.5 Å². The van der Waals surface area contributed by atoms with Crippen LogP contribution in [0.3, 0.4) is 0 Å². The molecule has 7 nitrogen and oxygen atoms in total. The van der Waals surface area contributed by atoms with Crippen molar-refractivity contribution in [2.75, 3.05) is 18.0 Å². The Bertz CT molecular complexity index is 1420. The number of amides is 1. The third-order valence-electron chi connectivity index (χ3n) is 6.16. The quantitative estimate of drug-likeness (QED) is 0.407. The van der Waals surface area contributed by atoms with Crippen LogP contribution in [-0.2, 0) is 23.7 Å². The van der Waals surface area contributed by atoms with Gasteiger partial charge in [0, 0.05) is 43.4 Å². The van der Waals surface area contributed by atoms with Crippen molar-refractivity contribution in [2.24, 2.45) is 5.92 Å². The van der Waals surface area contributed by atoms with Crippen molar-refractivity contribution in [3.63, 3.8) is 0 Å². The number of nitrogens with zero attached hydrogens (tertiary/aromatic N) is 3. The first-order valence-corrected chi connectivity index (χ1v) is 11.8. The minimum atomic E-state index is -4.95. The van der Waals surface area contributed by atoms with Crippen LogP contribution in [-0.4, -0.2) is 33.9 Å². The number of pyridine rings is 1. The van der Waals surface area contributed by atoms with Gasteiger partial charge in [-0.15, -0.1) is 0 Å². The molecule has 1 fully saturated rings. The monoisotopic (exact) mass is 577 g/mol. The molecule has 1 aliphatic heterocycles. The molecular weight excluding hydrogens is 559 g/mol. The van der Waals surface area contributed by atoms with Crippen LogP contribution in [0.2, 0.25) is 5.02 Å². The second kappa shape index (κ2) is 10.8. The summed E-state index contributed by atoms with van der Waals surface area (Å²) in [6.07, 6.45) is -7.98. The highest BCUT2D eigenvalue weighted by molar-refractivity contribution is 6.33. The number of carbonyl (C=O) groups is 1. The van der Waals surface area contributed by atoms with Crippen molar-refractivity contribution in [1.82, 2.24) is 20.3 Å². The van der Waals surface area contributed by atoms with E-state index in [4.69, 9.17) is 11.6 Å². The Morgan fingerprint density at radius 2 is 1.77 bits per heavy atom. The smallest absolute Gasteiger partial charge is 0.357 e. The molecule has 3 aromatic rings. The minimum Gasteiger partial charge on any atom is -0.357 e. The molecular formula is C24H19ClF7N5O2. The number of piperidine rings is 1. The topological polar surface area (TPSA) is 91.0 Å². The van der Waals surface area contributed by atoms with E-state index in [9.17, 15) is 35.9 Å². The molecule has 2 aromatic heterocycles. The number of hydrogen-bond donors (Lipinski definition) is 2. The molecule has 0 atom stereocenters. The van der Waals surface area contributed by atoms with E-state index in [1.54, 1.807) is 4.90 Å². The van der Waals surface area contributed by atoms with E-state index in [0.717, 1.165) is 12.3 Å². The molecule has 0 spiro atoms. The molecule has 1 aromatic carbocycles. The Morgan fingerprint density at radius 1 is 1.08 bits per heavy atom. The highest BCUT2D eigenvalue weighted by Crippen LogP contribution is 2.33. The summed E-state index contributed by atoms with van der Waals surface area (Å²) < 4.78 is 92.7. The number of H-pyrrole nitrogens is 1. The third-order valence-corrected chi connectivity index (χ3v) is 6.47. The predicted octanol–water partition coefficient (Wildman–Crippen LogP) is 5.19. The molecule has 0 unspecified atom stereocenters. The maximum absolute atomic E-state index is 15.2. The largest absolute Gasteiger partial charge is 0.433 e. The molecule has 39 heavy (non-hydrogen) atoms. The number of anilines is 1. The van der Waals surface area contributed by atoms with Crippen LogP contribution in [0.4, 0.5) is 36.6 Å². The van der Waals surface area contributed by atoms with E-state index in [2.05, 4.69) is 15.3 Å². The van der Waals surface area contributed by atoms with E-state index in [0.29, 0.717) is 31.7 Å². The van der Waals surface area contributed by atoms with Gasteiger partial charge in [-0.3, -0.25) is 9.59 Å². The van der Waals surface area contributed by atoms with Gasteiger partial charge in [-0.05, 0) is 31.0 Å². The lowest BCUT2D eigenvalue weighted by Crippen LogP contribution is -2.40. The molecule has 0 aliphatic carbocycles. The van der Waals surface area contributed by atoms with Gasteiger partial charge >= 0.3 is 12.4 Å². The van der Waals surface area contributed by atoms with Gasteiger partial charge in [0.05, 0.1) is 16.1 Å². The number of benzene rings is 1. The summed E-state index contributed by atoms with van der Waals surface area (Å²) in [4.78, 5) is 35.4. The van der Waals surface area contributed by atoms with Gasteiger partial charge in [0.15, 0.2) is 5.69 Å². The van der Waals surface area contributed by atoms with Crippen LogP contribution >= 0.6 is 11.6 Å². The second-order valence-corrected chi connectivity index (χ2v) is 9.16. The first kappa shape index (κ1) is 28.3. The molecule has 1 aliphatic rings. The first-order valence-electron chi connectivity index (χ1n) is 11.5.